The molecule has 116 valence electrons. The largest absolute Gasteiger partial charge is 0.364 e. The van der Waals surface area contributed by atoms with E-state index in [1.165, 1.54) is 6.33 Å². The third-order valence-electron chi connectivity index (χ3n) is 3.17. The van der Waals surface area contributed by atoms with Crippen molar-refractivity contribution in [2.24, 2.45) is 0 Å². The van der Waals surface area contributed by atoms with Crippen LogP contribution >= 0.6 is 11.8 Å². The molecular formula is C12H20N6O2S. The summed E-state index contributed by atoms with van der Waals surface area (Å²) < 4.78 is 0. The molecule has 2 heterocycles. The highest BCUT2D eigenvalue weighted by Gasteiger charge is 2.22. The lowest BCUT2D eigenvalue weighted by Gasteiger charge is -2.26. The molecule has 9 heteroatoms. The average molecular weight is 312 g/mol. The molecular weight excluding hydrogens is 292 g/mol. The maximum atomic E-state index is 11.2. The molecule has 1 aromatic heterocycles. The van der Waals surface area contributed by atoms with E-state index >= 15 is 0 Å². The summed E-state index contributed by atoms with van der Waals surface area (Å²) >= 11 is 1.96. The lowest BCUT2D eigenvalue weighted by molar-refractivity contribution is -0.383. The summed E-state index contributed by atoms with van der Waals surface area (Å²) in [7, 11) is 0. The van der Waals surface area contributed by atoms with Crippen molar-refractivity contribution in [1.29, 1.82) is 0 Å². The Hall–Kier alpha value is -1.61. The summed E-state index contributed by atoms with van der Waals surface area (Å²) in [6.07, 6.45) is 1.34. The molecule has 8 nitrogen and oxygen atoms in total. The second kappa shape index (κ2) is 7.99. The number of rotatable bonds is 7. The van der Waals surface area contributed by atoms with E-state index in [0.29, 0.717) is 13.1 Å². The van der Waals surface area contributed by atoms with Crippen molar-refractivity contribution in [3.63, 3.8) is 0 Å². The topological polar surface area (TPSA) is 96.2 Å². The number of thioether (sulfide) groups is 1. The quantitative estimate of drug-likeness (QED) is 0.574. The zero-order chi connectivity index (χ0) is 15.1. The van der Waals surface area contributed by atoms with Gasteiger partial charge in [0.05, 0.1) is 4.92 Å². The monoisotopic (exact) mass is 312 g/mol. The van der Waals surface area contributed by atoms with Crippen LogP contribution in [0.2, 0.25) is 0 Å². The van der Waals surface area contributed by atoms with Crippen molar-refractivity contribution in [3.05, 3.63) is 16.4 Å². The summed E-state index contributed by atoms with van der Waals surface area (Å²) in [4.78, 5) is 21.0. The second-order valence-electron chi connectivity index (χ2n) is 4.59. The van der Waals surface area contributed by atoms with Gasteiger partial charge in [0.1, 0.15) is 6.33 Å². The van der Waals surface area contributed by atoms with Gasteiger partial charge in [-0.2, -0.15) is 11.8 Å². The molecule has 0 atom stereocenters. The third-order valence-corrected chi connectivity index (χ3v) is 4.12. The van der Waals surface area contributed by atoms with Gasteiger partial charge >= 0.3 is 5.69 Å². The molecule has 0 spiro atoms. The second-order valence-corrected chi connectivity index (χ2v) is 5.81. The molecule has 0 aromatic carbocycles. The molecule has 1 aliphatic rings. The Morgan fingerprint density at radius 3 is 2.62 bits per heavy atom. The first-order chi connectivity index (χ1) is 10.2. The van der Waals surface area contributed by atoms with Crippen LogP contribution in [0.1, 0.15) is 6.92 Å². The van der Waals surface area contributed by atoms with E-state index in [-0.39, 0.29) is 17.3 Å². The van der Waals surface area contributed by atoms with Gasteiger partial charge in [0.2, 0.25) is 11.6 Å². The number of nitrogens with zero attached hydrogens (tertiary/aromatic N) is 4. The number of hydrogen-bond acceptors (Lipinski definition) is 8. The van der Waals surface area contributed by atoms with Gasteiger partial charge in [-0.1, -0.05) is 0 Å². The highest BCUT2D eigenvalue weighted by molar-refractivity contribution is 7.99. The minimum absolute atomic E-state index is 0.0893. The Kier molecular flexibility index (Phi) is 6.00. The molecule has 1 aliphatic heterocycles. The minimum atomic E-state index is -0.447. The van der Waals surface area contributed by atoms with E-state index in [0.717, 1.165) is 31.1 Å². The van der Waals surface area contributed by atoms with Crippen molar-refractivity contribution < 1.29 is 4.92 Å². The predicted octanol–water partition coefficient (Wildman–Crippen LogP) is 1.28. The average Bonchev–Trinajstić information content (AvgIpc) is 2.48. The Labute approximate surface area is 127 Å². The van der Waals surface area contributed by atoms with Crippen LogP contribution in [0, 0.1) is 10.1 Å². The van der Waals surface area contributed by atoms with Crippen molar-refractivity contribution in [3.8, 4) is 0 Å². The van der Waals surface area contributed by atoms with Crippen molar-refractivity contribution >= 4 is 29.1 Å². The van der Waals surface area contributed by atoms with Crippen molar-refractivity contribution in [2.75, 3.05) is 54.9 Å². The third kappa shape index (κ3) is 4.43. The maximum absolute atomic E-state index is 11.2. The zero-order valence-corrected chi connectivity index (χ0v) is 12.9. The molecule has 21 heavy (non-hydrogen) atoms. The molecule has 2 N–H and O–H groups in total. The van der Waals surface area contributed by atoms with Crippen LogP contribution in [0.4, 0.5) is 17.3 Å². The maximum Gasteiger partial charge on any atom is 0.353 e. The van der Waals surface area contributed by atoms with E-state index in [1.807, 2.05) is 18.7 Å². The predicted molar refractivity (Wildman–Crippen MR) is 85.1 cm³/mol. The number of aromatic nitrogens is 2. The molecule has 1 saturated heterocycles. The number of nitrogens with one attached hydrogen (secondary N) is 2. The number of anilines is 2. The van der Waals surface area contributed by atoms with Crippen LogP contribution in [0.3, 0.4) is 0 Å². The van der Waals surface area contributed by atoms with E-state index < -0.39 is 4.92 Å². The summed E-state index contributed by atoms with van der Waals surface area (Å²) in [5, 5.41) is 17.2. The minimum Gasteiger partial charge on any atom is -0.364 e. The van der Waals surface area contributed by atoms with Gasteiger partial charge in [0.15, 0.2) is 0 Å². The first-order valence-electron chi connectivity index (χ1n) is 6.99. The van der Waals surface area contributed by atoms with Crippen LogP contribution in [0.25, 0.3) is 0 Å². The summed E-state index contributed by atoms with van der Waals surface area (Å²) in [6.45, 7) is 6.07. The van der Waals surface area contributed by atoms with Gasteiger partial charge in [-0.15, -0.1) is 0 Å². The highest BCUT2D eigenvalue weighted by atomic mass is 32.2. The van der Waals surface area contributed by atoms with Crippen molar-refractivity contribution in [1.82, 2.24) is 14.9 Å². The normalized spacial score (nSPS) is 15.7. The molecule has 0 radical (unpaired) electrons. The number of nitro groups is 1. The Morgan fingerprint density at radius 2 is 2.00 bits per heavy atom. The van der Waals surface area contributed by atoms with Gasteiger partial charge in [0.25, 0.3) is 0 Å². The zero-order valence-electron chi connectivity index (χ0n) is 12.0. The van der Waals surface area contributed by atoms with E-state index in [4.69, 9.17) is 0 Å². The number of hydrogen-bond donors (Lipinski definition) is 2. The Morgan fingerprint density at radius 1 is 1.33 bits per heavy atom. The van der Waals surface area contributed by atoms with Gasteiger partial charge in [-0.3, -0.25) is 15.0 Å². The highest BCUT2D eigenvalue weighted by Crippen LogP contribution is 2.28. The molecule has 0 bridgehead atoms. The summed E-state index contributed by atoms with van der Waals surface area (Å²) in [5.74, 6) is 2.84. The van der Waals surface area contributed by atoms with Crippen LogP contribution in [0.15, 0.2) is 6.33 Å². The molecule has 1 aromatic rings. The smallest absolute Gasteiger partial charge is 0.353 e. The SMILES string of the molecule is CCNc1ncnc(NCCN2CCSCC2)c1[N+](=O)[O-]. The van der Waals surface area contributed by atoms with Crippen LogP contribution in [-0.4, -0.2) is 64.0 Å². The fourth-order valence-corrected chi connectivity index (χ4v) is 3.11. The first-order valence-corrected chi connectivity index (χ1v) is 8.15. The molecule has 0 aliphatic carbocycles. The van der Waals surface area contributed by atoms with E-state index in [1.54, 1.807) is 0 Å². The lowest BCUT2D eigenvalue weighted by atomic mass is 10.4. The Bertz CT molecular complexity index is 481. The lowest BCUT2D eigenvalue weighted by Crippen LogP contribution is -2.36. The van der Waals surface area contributed by atoms with Crippen LogP contribution < -0.4 is 10.6 Å². The van der Waals surface area contributed by atoms with Crippen LogP contribution in [0.5, 0.6) is 0 Å². The molecule has 0 amide bonds. The van der Waals surface area contributed by atoms with Crippen LogP contribution in [-0.2, 0) is 0 Å². The molecule has 2 rings (SSSR count). The van der Waals surface area contributed by atoms with Gasteiger partial charge < -0.3 is 10.6 Å². The van der Waals surface area contributed by atoms with E-state index in [9.17, 15) is 10.1 Å². The van der Waals surface area contributed by atoms with Gasteiger partial charge in [-0.25, -0.2) is 9.97 Å². The fourth-order valence-electron chi connectivity index (χ4n) is 2.14. The first kappa shape index (κ1) is 15.8. The molecule has 0 unspecified atom stereocenters. The summed E-state index contributed by atoms with van der Waals surface area (Å²) in [6, 6.07) is 0. The van der Waals surface area contributed by atoms with Gasteiger partial charge in [0, 0.05) is 44.2 Å². The van der Waals surface area contributed by atoms with Crippen molar-refractivity contribution in [2.45, 2.75) is 6.92 Å². The fraction of sp³-hybridized carbons (Fsp3) is 0.667. The molecule has 0 saturated carbocycles. The summed E-state index contributed by atoms with van der Waals surface area (Å²) in [5.41, 5.74) is -0.0893. The molecule has 1 fully saturated rings. The van der Waals surface area contributed by atoms with Gasteiger partial charge in [-0.05, 0) is 6.92 Å². The standard InChI is InChI=1S/C12H20N6O2S/c1-2-13-11-10(18(19)20)12(16-9-15-11)14-3-4-17-5-7-21-8-6-17/h9H,2-8H2,1H3,(H2,13,14,15,16). The van der Waals surface area contributed by atoms with E-state index in [2.05, 4.69) is 25.5 Å². The Balaban J connectivity index is 1.98.